The number of piperidine rings is 2. The number of carbonyl (C=O) groups excluding carboxylic acids is 4. The summed E-state index contributed by atoms with van der Waals surface area (Å²) >= 11 is 37.6. The van der Waals surface area contributed by atoms with Crippen LogP contribution >= 0.6 is 115 Å². The molecule has 0 unspecified atom stereocenters. The summed E-state index contributed by atoms with van der Waals surface area (Å²) in [5.74, 6) is -3.52. The maximum absolute atomic E-state index is 12.3. The number of likely N-dealkylation sites (N-methyl/N-ethyl adjacent to an activating group) is 2. The van der Waals surface area contributed by atoms with Gasteiger partial charge in [0.15, 0.2) is 12.6 Å². The van der Waals surface area contributed by atoms with Gasteiger partial charge in [-0.25, -0.2) is 29.7 Å². The predicted octanol–water partition coefficient (Wildman–Crippen LogP) is 20.9. The number of aldehydes is 2. The van der Waals surface area contributed by atoms with Gasteiger partial charge in [-0.05, 0) is 246 Å². The minimum Gasteiger partial charge on any atom is -0.481 e. The zero-order valence-corrected chi connectivity index (χ0v) is 83.1. The topological polar surface area (TPSA) is 401 Å². The fourth-order valence-electron chi connectivity index (χ4n) is 13.7. The first-order valence-corrected chi connectivity index (χ1v) is 49.7. The number of carboxylic acid groups (broad SMARTS) is 3. The molecule has 0 bridgehead atoms. The van der Waals surface area contributed by atoms with Crippen molar-refractivity contribution >= 4 is 247 Å². The lowest BCUT2D eigenvalue weighted by molar-refractivity contribution is -0.147. The number of hydrogen-bond acceptors (Lipinski definition) is 28. The molecule has 2 amide bonds. The first-order chi connectivity index (χ1) is 66.3. The van der Waals surface area contributed by atoms with Crippen molar-refractivity contribution in [2.45, 2.75) is 85.5 Å². The number of anilines is 1. The first-order valence-electron chi connectivity index (χ1n) is 43.7. The molecule has 137 heavy (non-hydrogen) atoms. The van der Waals surface area contributed by atoms with Gasteiger partial charge in [-0.15, -0.1) is 56.7 Å². The third kappa shape index (κ3) is 33.9. The molecule has 0 aromatic carbocycles. The van der Waals surface area contributed by atoms with E-state index in [9.17, 15) is 33.6 Å². The van der Waals surface area contributed by atoms with E-state index in [0.717, 1.165) is 180 Å². The monoisotopic (exact) mass is 2040 g/mol. The molecule has 0 spiro atoms. The minimum atomic E-state index is -1.46. The lowest BCUT2D eigenvalue weighted by Gasteiger charge is -2.26. The molecule has 15 aromatic rings. The van der Waals surface area contributed by atoms with E-state index in [1.165, 1.54) is 106 Å². The maximum atomic E-state index is 12.3. The standard InChI is InChI=1S/C27H35N5OS.C19H18ClN3OS.C15H9ClN2O2S.C13H7ClN2OS.C8H4Cl2N2.C8H18N2.C5H5BO3S.C3H4O4/c1-3-32(4-2)27(33)12-10-21-9-11-26(34-21)25-19-24(22-20-28-15-13-23(22)30-25)29-14-8-18-31-16-6-5-7-17-31;1-3-23(4-2)19(24)8-6-13-5-7-18(25-13)17-11-15(20)14-12-21-10-9-16(14)22-17;16-11-7-13(18-12-5-6-17-8-10(11)12)14-3-1-9(21-14)2-4-15(19)20;14-10-5-12(13-2-1-8(7-17)18-13)16-11-3-4-15-6-9(10)11;9-6-3-8(10)12-7-1-2-11-4-5(6)7;9-5-4-8-10-6-2-1-3-7-10;7-3-4-1-2-5(10-4)6(8)9;4-2(5)1-3(6)7/h9-13,15,19-20H,3-8,14,16-18H2,1-2H3,(H,29,30);5-12H,3-4H2,1-2H3;1-8H,(H,19,20);1-7H;1-4H;1-9H2;1-3,8-9H;1H2,(H,4,5)(H,6,7)/b12-10+;8-6+;4-2+;;;;;. The highest BCUT2D eigenvalue weighted by molar-refractivity contribution is 7.23. The second-order valence-electron chi connectivity index (χ2n) is 30.1. The fourth-order valence-corrected chi connectivity index (χ4v) is 19.1. The maximum Gasteiger partial charge on any atom is 0.499 e. The summed E-state index contributed by atoms with van der Waals surface area (Å²) in [6.07, 6.45) is 38.1. The Labute approximate surface area is 837 Å². The van der Waals surface area contributed by atoms with Crippen LogP contribution in [0.15, 0.2) is 202 Å². The largest absolute Gasteiger partial charge is 0.499 e. The van der Waals surface area contributed by atoms with Crippen LogP contribution in [-0.2, 0) is 24.0 Å². The van der Waals surface area contributed by atoms with Gasteiger partial charge in [-0.2, -0.15) is 0 Å². The van der Waals surface area contributed by atoms with Crippen LogP contribution in [0.3, 0.4) is 0 Å². The number of thiophene rings is 5. The minimum absolute atomic E-state index is 0.0272. The molecular weight excluding hydrogens is 1940 g/mol. The SMILES string of the molecule is CCN(CC)C(=O)/C=C/c1ccc(-c2cc(Cl)c3cnccc3n2)s1.CCN(CC)C(=O)/C=C/c1ccc(-c2cc(NCCCN3CCCCC3)c3cnccc3n2)s1.Clc1cc(Cl)c2cnccc2n1.NCCCN1CCCCC1.O=C(O)/C=C/c1ccc(-c2cc(Cl)c3cnccc3n2)s1.O=C(O)CC(=O)O.O=Cc1ccc(-c2cc(Cl)c3cnccc3n2)s1.O=Cc1ccc(B(O)O)s1. The predicted molar refractivity (Wildman–Crippen MR) is 559 cm³/mol. The number of rotatable bonds is 27. The molecule has 2 saturated heterocycles. The van der Waals surface area contributed by atoms with E-state index in [1.54, 1.807) is 138 Å². The van der Waals surface area contributed by atoms with E-state index in [-0.39, 0.29) is 11.8 Å². The van der Waals surface area contributed by atoms with E-state index in [0.29, 0.717) is 59.2 Å². The van der Waals surface area contributed by atoms with Crippen molar-refractivity contribution in [3.63, 3.8) is 0 Å². The van der Waals surface area contributed by atoms with Gasteiger partial charge < -0.3 is 56.0 Å². The van der Waals surface area contributed by atoms with Gasteiger partial charge in [0.2, 0.25) is 11.8 Å². The van der Waals surface area contributed by atoms with Crippen molar-refractivity contribution in [2.75, 3.05) is 83.9 Å². The van der Waals surface area contributed by atoms with E-state index < -0.39 is 31.4 Å². The Balaban J connectivity index is 0.000000169. The van der Waals surface area contributed by atoms with Crippen LogP contribution in [0.25, 0.3) is 115 Å². The third-order valence-electron chi connectivity index (χ3n) is 20.6. The lowest BCUT2D eigenvalue weighted by Crippen LogP contribution is -2.31. The summed E-state index contributed by atoms with van der Waals surface area (Å²) in [5.41, 5.74) is 13.9. The van der Waals surface area contributed by atoms with Crippen LogP contribution < -0.4 is 15.8 Å². The molecule has 0 radical (unpaired) electrons. The molecule has 2 fully saturated rings. The van der Waals surface area contributed by atoms with Crippen molar-refractivity contribution in [1.29, 1.82) is 0 Å². The molecule has 39 heteroatoms. The van der Waals surface area contributed by atoms with Gasteiger partial charge in [-0.1, -0.05) is 76.9 Å². The number of nitrogens with two attached hydrogens (primary N) is 1. The number of fused-ring (bicyclic) bond motifs is 5. The summed E-state index contributed by atoms with van der Waals surface area (Å²) in [6.45, 7) is 20.0. The molecule has 17 heterocycles. The number of likely N-dealkylation sites (tertiary alicyclic amines) is 2. The van der Waals surface area contributed by atoms with E-state index in [1.807, 2.05) is 112 Å². The third-order valence-corrected chi connectivity index (χ3v) is 27.4. The van der Waals surface area contributed by atoms with Gasteiger partial charge >= 0.3 is 25.0 Å². The van der Waals surface area contributed by atoms with Gasteiger partial charge in [0.1, 0.15) is 11.6 Å². The quantitative estimate of drug-likeness (QED) is 0.00628. The molecule has 0 atom stereocenters. The average molecular weight is 2040 g/mol. The molecular formula is C98H100BCl5N16O12S5. The second-order valence-corrected chi connectivity index (χ2v) is 37.7. The first kappa shape index (κ1) is 107. The number of aliphatic carboxylic acids is 3. The van der Waals surface area contributed by atoms with Crippen molar-refractivity contribution < 1.29 is 58.9 Å². The number of amides is 2. The highest BCUT2D eigenvalue weighted by Gasteiger charge is 2.19. The summed E-state index contributed by atoms with van der Waals surface area (Å²) in [6, 6.07) is 37.0. The lowest BCUT2D eigenvalue weighted by atomic mass is 9.90. The molecule has 712 valence electrons. The molecule has 2 aliphatic rings. The van der Waals surface area contributed by atoms with E-state index in [2.05, 4.69) is 78.2 Å². The van der Waals surface area contributed by atoms with Crippen LogP contribution in [0.2, 0.25) is 25.2 Å². The van der Waals surface area contributed by atoms with Gasteiger partial charge in [-0.3, -0.25) is 53.7 Å². The van der Waals surface area contributed by atoms with Crippen molar-refractivity contribution in [3.8, 4) is 42.3 Å². The molecule has 8 N–H and O–H groups in total. The van der Waals surface area contributed by atoms with Crippen LogP contribution in [-0.4, -0.2) is 223 Å². The Morgan fingerprint density at radius 2 is 0.759 bits per heavy atom. The zero-order chi connectivity index (χ0) is 98.1. The van der Waals surface area contributed by atoms with Crippen molar-refractivity contribution in [3.05, 3.63) is 251 Å². The molecule has 0 aliphatic carbocycles. The summed E-state index contributed by atoms with van der Waals surface area (Å²) in [4.78, 5) is 134. The smallest absolute Gasteiger partial charge is 0.481 e. The number of carbonyl (C=O) groups is 7. The Morgan fingerprint density at radius 3 is 1.10 bits per heavy atom. The van der Waals surface area contributed by atoms with Crippen LogP contribution in [0.5, 0.6) is 0 Å². The molecule has 2 aliphatic heterocycles. The highest BCUT2D eigenvalue weighted by Crippen LogP contribution is 2.38. The van der Waals surface area contributed by atoms with Gasteiger partial charge in [0.25, 0.3) is 0 Å². The second kappa shape index (κ2) is 56.3. The van der Waals surface area contributed by atoms with Crippen molar-refractivity contribution in [2.24, 2.45) is 5.73 Å². The fraction of sp³-hybridized carbons (Fsp3) is 0.255. The Bertz CT molecular complexity index is 6630. The zero-order valence-electron chi connectivity index (χ0n) is 75.2. The number of nitrogens with one attached hydrogen (secondary N) is 1. The summed E-state index contributed by atoms with van der Waals surface area (Å²) < 4.78 is 0.391. The van der Waals surface area contributed by atoms with Crippen LogP contribution in [0.4, 0.5) is 5.69 Å². The average Bonchev–Trinajstić information content (AvgIpc) is 1.80. The highest BCUT2D eigenvalue weighted by atomic mass is 35.5. The number of halogens is 5. The summed E-state index contributed by atoms with van der Waals surface area (Å²) in [7, 11) is -1.46. The number of pyridine rings is 10. The molecule has 15 aromatic heterocycles. The Morgan fingerprint density at radius 1 is 0.423 bits per heavy atom. The summed E-state index contributed by atoms with van der Waals surface area (Å²) in [5, 5.41) is 52.0. The Kier molecular flexibility index (Phi) is 44.1. The molecule has 28 nitrogen and oxygen atoms in total. The number of hydrogen-bond donors (Lipinski definition) is 7. The van der Waals surface area contributed by atoms with Gasteiger partial charge in [0, 0.05) is 165 Å². The Hall–Kier alpha value is -11.7. The van der Waals surface area contributed by atoms with E-state index in [4.69, 9.17) is 94.1 Å². The number of carboxylic acids is 3. The van der Waals surface area contributed by atoms with Crippen LogP contribution in [0, 0.1) is 0 Å². The van der Waals surface area contributed by atoms with E-state index >= 15 is 0 Å². The number of nitrogens with zero attached hydrogens (tertiary/aromatic N) is 14. The number of aromatic nitrogens is 10. The molecule has 0 saturated carbocycles. The van der Waals surface area contributed by atoms with Crippen LogP contribution in [0.1, 0.15) is 119 Å². The molecule has 17 rings (SSSR count). The normalized spacial score (nSPS) is 12.4. The van der Waals surface area contributed by atoms with Gasteiger partial charge in [0.05, 0.1) is 99.7 Å². The van der Waals surface area contributed by atoms with Crippen molar-refractivity contribution in [1.82, 2.24) is 69.4 Å².